The van der Waals surface area contributed by atoms with Gasteiger partial charge < -0.3 is 16.2 Å². The number of nitrogen functional groups attached to an aromatic ring is 1. The highest BCUT2D eigenvalue weighted by atomic mass is 79.9. The minimum atomic E-state index is -0.466. The molecule has 0 saturated heterocycles. The lowest BCUT2D eigenvalue weighted by atomic mass is 10.2. The molecular weight excluding hydrogens is 332 g/mol. The number of nitrogens with one attached hydrogen (secondary N) is 1. The van der Waals surface area contributed by atoms with Gasteiger partial charge in [0.25, 0.3) is 5.91 Å². The summed E-state index contributed by atoms with van der Waals surface area (Å²) < 4.78 is 0.691. The van der Waals surface area contributed by atoms with E-state index in [1.165, 1.54) is 18.2 Å². The molecule has 0 aliphatic heterocycles. The molecular formula is C13H10BrClN2O2. The average molecular weight is 342 g/mol. The van der Waals surface area contributed by atoms with Gasteiger partial charge in [-0.2, -0.15) is 0 Å². The maximum Gasteiger partial charge on any atom is 0.259 e. The highest BCUT2D eigenvalue weighted by Gasteiger charge is 2.13. The van der Waals surface area contributed by atoms with Gasteiger partial charge in [0.15, 0.2) is 0 Å². The lowest BCUT2D eigenvalue weighted by Crippen LogP contribution is -2.12. The highest BCUT2D eigenvalue weighted by Crippen LogP contribution is 2.27. The number of benzene rings is 2. The molecule has 0 aromatic heterocycles. The topological polar surface area (TPSA) is 75.3 Å². The van der Waals surface area contributed by atoms with Crippen molar-refractivity contribution in [2.45, 2.75) is 0 Å². The molecule has 0 radical (unpaired) electrons. The molecule has 6 heteroatoms. The SMILES string of the molecule is Nc1ccc(Br)c(NC(=O)c2cc(Cl)ccc2O)c1. The standard InChI is InChI=1S/C13H10BrClN2O2/c14-10-3-2-8(16)6-11(10)17-13(19)9-5-7(15)1-4-12(9)18/h1-6,18H,16H2,(H,17,19). The van der Waals surface area contributed by atoms with Crippen molar-refractivity contribution in [2.24, 2.45) is 0 Å². The van der Waals surface area contributed by atoms with E-state index in [0.29, 0.717) is 20.9 Å². The molecule has 0 spiro atoms. The molecule has 2 aromatic carbocycles. The normalized spacial score (nSPS) is 10.2. The second-order valence-corrected chi connectivity index (χ2v) is 5.15. The second-order valence-electron chi connectivity index (χ2n) is 3.85. The third kappa shape index (κ3) is 3.19. The minimum absolute atomic E-state index is 0.0989. The fourth-order valence-corrected chi connectivity index (χ4v) is 2.04. The predicted molar refractivity (Wildman–Crippen MR) is 79.6 cm³/mol. The van der Waals surface area contributed by atoms with Gasteiger partial charge in [-0.25, -0.2) is 0 Å². The number of nitrogens with two attached hydrogens (primary N) is 1. The Morgan fingerprint density at radius 3 is 2.74 bits per heavy atom. The third-order valence-electron chi connectivity index (χ3n) is 2.44. The van der Waals surface area contributed by atoms with Crippen molar-refractivity contribution in [1.82, 2.24) is 0 Å². The van der Waals surface area contributed by atoms with Gasteiger partial charge in [-0.15, -0.1) is 0 Å². The summed E-state index contributed by atoms with van der Waals surface area (Å²) in [6.07, 6.45) is 0. The van der Waals surface area contributed by atoms with Crippen LogP contribution < -0.4 is 11.1 Å². The minimum Gasteiger partial charge on any atom is -0.507 e. The number of phenolic OH excluding ortho intramolecular Hbond substituents is 1. The van der Waals surface area contributed by atoms with Crippen LogP contribution in [0.25, 0.3) is 0 Å². The quantitative estimate of drug-likeness (QED) is 0.730. The molecule has 2 rings (SSSR count). The molecule has 0 heterocycles. The van der Waals surface area contributed by atoms with Crippen molar-refractivity contribution in [3.05, 3.63) is 51.5 Å². The van der Waals surface area contributed by atoms with Gasteiger partial charge in [0.1, 0.15) is 5.75 Å². The summed E-state index contributed by atoms with van der Waals surface area (Å²) in [5.74, 6) is -0.603. The summed E-state index contributed by atoms with van der Waals surface area (Å²) in [6.45, 7) is 0. The van der Waals surface area contributed by atoms with Crippen LogP contribution in [0, 0.1) is 0 Å². The molecule has 2 aromatic rings. The molecule has 4 nitrogen and oxygen atoms in total. The van der Waals surface area contributed by atoms with Crippen LogP contribution in [0.3, 0.4) is 0 Å². The van der Waals surface area contributed by atoms with Crippen LogP contribution in [0.2, 0.25) is 5.02 Å². The predicted octanol–water partition coefficient (Wildman–Crippen LogP) is 3.64. The monoisotopic (exact) mass is 340 g/mol. The zero-order chi connectivity index (χ0) is 14.0. The fraction of sp³-hybridized carbons (Fsp3) is 0. The van der Waals surface area contributed by atoms with E-state index in [1.54, 1.807) is 18.2 Å². The number of phenols is 1. The smallest absolute Gasteiger partial charge is 0.259 e. The Balaban J connectivity index is 2.30. The number of hydrogen-bond acceptors (Lipinski definition) is 3. The van der Waals surface area contributed by atoms with Crippen LogP contribution in [-0.2, 0) is 0 Å². The van der Waals surface area contributed by atoms with Crippen molar-refractivity contribution < 1.29 is 9.90 Å². The Labute approximate surface area is 123 Å². The van der Waals surface area contributed by atoms with E-state index in [9.17, 15) is 9.90 Å². The summed E-state index contributed by atoms with van der Waals surface area (Å²) in [5.41, 5.74) is 6.79. The zero-order valence-electron chi connectivity index (χ0n) is 9.65. The molecule has 0 saturated carbocycles. The summed E-state index contributed by atoms with van der Waals surface area (Å²) in [6, 6.07) is 9.31. The Bertz CT molecular complexity index is 647. The summed E-state index contributed by atoms with van der Waals surface area (Å²) in [7, 11) is 0. The molecule has 19 heavy (non-hydrogen) atoms. The maximum absolute atomic E-state index is 12.1. The lowest BCUT2D eigenvalue weighted by Gasteiger charge is -2.09. The highest BCUT2D eigenvalue weighted by molar-refractivity contribution is 9.10. The lowest BCUT2D eigenvalue weighted by molar-refractivity contribution is 0.102. The molecule has 0 aliphatic carbocycles. The molecule has 0 aliphatic rings. The van der Waals surface area contributed by atoms with Crippen LogP contribution in [0.1, 0.15) is 10.4 Å². The number of hydrogen-bond donors (Lipinski definition) is 3. The van der Waals surface area contributed by atoms with Crippen LogP contribution in [-0.4, -0.2) is 11.0 Å². The number of halogens is 2. The van der Waals surface area contributed by atoms with Gasteiger partial charge in [0.2, 0.25) is 0 Å². The maximum atomic E-state index is 12.1. The molecule has 4 N–H and O–H groups in total. The Morgan fingerprint density at radius 2 is 2.00 bits per heavy atom. The fourth-order valence-electron chi connectivity index (χ4n) is 1.52. The molecule has 98 valence electrons. The first kappa shape index (κ1) is 13.7. The van der Waals surface area contributed by atoms with Gasteiger partial charge in [-0.3, -0.25) is 4.79 Å². The van der Waals surface area contributed by atoms with Crippen molar-refractivity contribution in [3.63, 3.8) is 0 Å². The molecule has 0 unspecified atom stereocenters. The van der Waals surface area contributed by atoms with Gasteiger partial charge in [0.05, 0.1) is 11.3 Å². The molecule has 0 fully saturated rings. The second kappa shape index (κ2) is 5.50. The number of carbonyl (C=O) groups is 1. The summed E-state index contributed by atoms with van der Waals surface area (Å²) in [4.78, 5) is 12.1. The van der Waals surface area contributed by atoms with Gasteiger partial charge >= 0.3 is 0 Å². The van der Waals surface area contributed by atoms with Crippen LogP contribution in [0.5, 0.6) is 5.75 Å². The first-order valence-corrected chi connectivity index (χ1v) is 6.49. The first-order valence-electron chi connectivity index (χ1n) is 5.32. The van der Waals surface area contributed by atoms with E-state index in [4.69, 9.17) is 17.3 Å². The van der Waals surface area contributed by atoms with E-state index in [2.05, 4.69) is 21.2 Å². The molecule has 0 bridgehead atoms. The number of amides is 1. The van der Waals surface area contributed by atoms with Crippen LogP contribution in [0.4, 0.5) is 11.4 Å². The number of carbonyl (C=O) groups excluding carboxylic acids is 1. The third-order valence-corrected chi connectivity index (χ3v) is 3.37. The van der Waals surface area contributed by atoms with Crippen LogP contribution in [0.15, 0.2) is 40.9 Å². The number of anilines is 2. The Kier molecular flexibility index (Phi) is 3.97. The van der Waals surface area contributed by atoms with Crippen LogP contribution >= 0.6 is 27.5 Å². The summed E-state index contributed by atoms with van der Waals surface area (Å²) >= 11 is 9.11. The van der Waals surface area contributed by atoms with Crippen molar-refractivity contribution in [3.8, 4) is 5.75 Å². The Morgan fingerprint density at radius 1 is 1.26 bits per heavy atom. The molecule has 0 atom stereocenters. The largest absolute Gasteiger partial charge is 0.507 e. The number of aromatic hydroxyl groups is 1. The van der Waals surface area contributed by atoms with E-state index in [-0.39, 0.29) is 11.3 Å². The van der Waals surface area contributed by atoms with Crippen molar-refractivity contribution in [1.29, 1.82) is 0 Å². The van der Waals surface area contributed by atoms with Gasteiger partial charge in [-0.1, -0.05) is 11.6 Å². The van der Waals surface area contributed by atoms with Gasteiger partial charge in [-0.05, 0) is 52.3 Å². The molecule has 1 amide bonds. The van der Waals surface area contributed by atoms with E-state index in [1.807, 2.05) is 0 Å². The summed E-state index contributed by atoms with van der Waals surface area (Å²) in [5, 5.41) is 12.7. The van der Waals surface area contributed by atoms with Gasteiger partial charge in [0, 0.05) is 15.2 Å². The van der Waals surface area contributed by atoms with E-state index in [0.717, 1.165) is 0 Å². The van der Waals surface area contributed by atoms with Crippen molar-refractivity contribution >= 4 is 44.8 Å². The van der Waals surface area contributed by atoms with E-state index >= 15 is 0 Å². The first-order chi connectivity index (χ1) is 8.97. The van der Waals surface area contributed by atoms with E-state index < -0.39 is 5.91 Å². The number of rotatable bonds is 2. The Hall–Kier alpha value is -1.72. The van der Waals surface area contributed by atoms with Crippen molar-refractivity contribution in [2.75, 3.05) is 11.1 Å². The zero-order valence-corrected chi connectivity index (χ0v) is 12.0. The average Bonchev–Trinajstić information content (AvgIpc) is 2.36.